The van der Waals surface area contributed by atoms with E-state index in [-0.39, 0.29) is 17.0 Å². The van der Waals surface area contributed by atoms with E-state index in [0.717, 1.165) is 10.5 Å². The zero-order chi connectivity index (χ0) is 22.1. The molecule has 4 rings (SSSR count). The molecule has 0 bridgehead atoms. The number of amides is 4. The first-order valence-electron chi connectivity index (χ1n) is 9.16. The molecule has 1 aliphatic rings. The molecule has 0 saturated carbocycles. The van der Waals surface area contributed by atoms with E-state index in [1.165, 1.54) is 30.3 Å². The maximum Gasteiger partial charge on any atom is 0.335 e. The summed E-state index contributed by atoms with van der Waals surface area (Å²) in [7, 11) is 0. The molecule has 2 heterocycles. The van der Waals surface area contributed by atoms with Gasteiger partial charge >= 0.3 is 6.03 Å². The van der Waals surface area contributed by atoms with Gasteiger partial charge < -0.3 is 4.42 Å². The van der Waals surface area contributed by atoms with E-state index in [0.29, 0.717) is 17.0 Å². The Morgan fingerprint density at radius 2 is 1.81 bits per heavy atom. The highest BCUT2D eigenvalue weighted by molar-refractivity contribution is 6.39. The summed E-state index contributed by atoms with van der Waals surface area (Å²) in [6, 6.07) is 14.9. The van der Waals surface area contributed by atoms with Crippen LogP contribution < -0.4 is 10.2 Å². The first-order chi connectivity index (χ1) is 14.8. The first kappa shape index (κ1) is 19.8. The fraction of sp³-hybridized carbons (Fsp3) is 0.0455. The number of urea groups is 1. The average Bonchev–Trinajstić information content (AvgIpc) is 3.20. The smallest absolute Gasteiger partial charge is 0.335 e. The fourth-order valence-corrected chi connectivity index (χ4v) is 3.16. The number of nitro benzene ring substituents is 1. The van der Waals surface area contributed by atoms with E-state index < -0.39 is 22.8 Å². The molecule has 0 spiro atoms. The van der Waals surface area contributed by atoms with Crippen molar-refractivity contribution in [3.63, 3.8) is 0 Å². The summed E-state index contributed by atoms with van der Waals surface area (Å²) >= 11 is 0. The normalized spacial score (nSPS) is 15.3. The molecule has 0 radical (unpaired) electrons. The Morgan fingerprint density at radius 1 is 1.03 bits per heavy atom. The standard InChI is InChI=1S/C22H15N3O6/c1-13-4-2-6-15(10-13)24-21(27)18(20(26)23-22(24)28)12-17-8-9-19(31-17)14-5-3-7-16(11-14)25(29)30/h2-12H,1H3,(H,23,26,28)/b18-12+. The van der Waals surface area contributed by atoms with Crippen LogP contribution in [0.2, 0.25) is 0 Å². The van der Waals surface area contributed by atoms with Crippen molar-refractivity contribution in [2.75, 3.05) is 4.90 Å². The van der Waals surface area contributed by atoms with Crippen LogP contribution in [0.15, 0.2) is 70.7 Å². The molecule has 1 saturated heterocycles. The molecule has 1 fully saturated rings. The van der Waals surface area contributed by atoms with Crippen molar-refractivity contribution in [1.82, 2.24) is 5.32 Å². The lowest BCUT2D eigenvalue weighted by atomic mass is 10.1. The van der Waals surface area contributed by atoms with Crippen LogP contribution in [0.4, 0.5) is 16.2 Å². The monoisotopic (exact) mass is 417 g/mol. The molecular weight excluding hydrogens is 402 g/mol. The van der Waals surface area contributed by atoms with Crippen molar-refractivity contribution < 1.29 is 23.7 Å². The third kappa shape index (κ3) is 3.84. The van der Waals surface area contributed by atoms with Gasteiger partial charge in [-0.3, -0.25) is 25.0 Å². The van der Waals surface area contributed by atoms with E-state index >= 15 is 0 Å². The molecule has 1 N–H and O–H groups in total. The number of barbiturate groups is 1. The predicted octanol–water partition coefficient (Wildman–Crippen LogP) is 3.83. The largest absolute Gasteiger partial charge is 0.457 e. The number of non-ortho nitro benzene ring substituents is 1. The lowest BCUT2D eigenvalue weighted by Crippen LogP contribution is -2.54. The summed E-state index contributed by atoms with van der Waals surface area (Å²) in [6.07, 6.45) is 1.23. The van der Waals surface area contributed by atoms with Gasteiger partial charge in [0.25, 0.3) is 17.5 Å². The number of nitrogens with one attached hydrogen (secondary N) is 1. The van der Waals surface area contributed by atoms with Gasteiger partial charge in [-0.15, -0.1) is 0 Å². The highest BCUT2D eigenvalue weighted by Gasteiger charge is 2.37. The number of carbonyl (C=O) groups excluding carboxylic acids is 3. The number of anilines is 1. The number of furan rings is 1. The second-order valence-electron chi connectivity index (χ2n) is 6.81. The second kappa shape index (κ2) is 7.71. The number of hydrogen-bond donors (Lipinski definition) is 1. The van der Waals surface area contributed by atoms with E-state index in [1.54, 1.807) is 30.3 Å². The first-order valence-corrected chi connectivity index (χ1v) is 9.16. The van der Waals surface area contributed by atoms with Gasteiger partial charge in [-0.2, -0.15) is 0 Å². The predicted molar refractivity (Wildman–Crippen MR) is 111 cm³/mol. The maximum atomic E-state index is 12.9. The minimum Gasteiger partial charge on any atom is -0.457 e. The SMILES string of the molecule is Cc1cccc(N2C(=O)NC(=O)/C(=C\c3ccc(-c4cccc([N+](=O)[O-])c4)o3)C2=O)c1. The molecule has 1 aliphatic heterocycles. The Kier molecular flexibility index (Phi) is 4.92. The summed E-state index contributed by atoms with van der Waals surface area (Å²) in [6.45, 7) is 1.82. The number of imide groups is 2. The van der Waals surface area contributed by atoms with Gasteiger partial charge in [0.15, 0.2) is 0 Å². The van der Waals surface area contributed by atoms with E-state index in [4.69, 9.17) is 4.42 Å². The van der Waals surface area contributed by atoms with Gasteiger partial charge in [0.05, 0.1) is 10.6 Å². The van der Waals surface area contributed by atoms with Crippen LogP contribution in [0.3, 0.4) is 0 Å². The quantitative estimate of drug-likeness (QED) is 0.298. The molecule has 3 aromatic rings. The highest BCUT2D eigenvalue weighted by Crippen LogP contribution is 2.28. The van der Waals surface area contributed by atoms with Crippen LogP contribution >= 0.6 is 0 Å². The molecule has 154 valence electrons. The van der Waals surface area contributed by atoms with E-state index in [9.17, 15) is 24.5 Å². The molecule has 2 aromatic carbocycles. The summed E-state index contributed by atoms with van der Waals surface area (Å²) in [5.41, 5.74) is 1.27. The van der Waals surface area contributed by atoms with Gasteiger partial charge in [0, 0.05) is 17.7 Å². The zero-order valence-electron chi connectivity index (χ0n) is 16.2. The minimum atomic E-state index is -0.841. The summed E-state index contributed by atoms with van der Waals surface area (Å²) in [5, 5.41) is 13.1. The molecule has 9 heteroatoms. The molecule has 0 unspecified atom stereocenters. The average molecular weight is 417 g/mol. The van der Waals surface area contributed by atoms with Crippen LogP contribution in [-0.2, 0) is 9.59 Å². The molecule has 1 aromatic heterocycles. The lowest BCUT2D eigenvalue weighted by Gasteiger charge is -2.26. The molecule has 9 nitrogen and oxygen atoms in total. The fourth-order valence-electron chi connectivity index (χ4n) is 3.16. The molecule has 4 amide bonds. The van der Waals surface area contributed by atoms with Crippen molar-refractivity contribution in [2.45, 2.75) is 6.92 Å². The highest BCUT2D eigenvalue weighted by atomic mass is 16.6. The van der Waals surface area contributed by atoms with Crippen LogP contribution in [-0.4, -0.2) is 22.8 Å². The van der Waals surface area contributed by atoms with Gasteiger partial charge in [-0.1, -0.05) is 24.3 Å². The van der Waals surface area contributed by atoms with Crippen LogP contribution in [0.25, 0.3) is 17.4 Å². The van der Waals surface area contributed by atoms with Crippen molar-refractivity contribution in [2.24, 2.45) is 0 Å². The minimum absolute atomic E-state index is 0.0945. The number of carbonyl (C=O) groups is 3. The molecular formula is C22H15N3O6. The van der Waals surface area contributed by atoms with Crippen molar-refractivity contribution in [1.29, 1.82) is 0 Å². The number of aryl methyl sites for hydroxylation is 1. The molecule has 0 atom stereocenters. The van der Waals surface area contributed by atoms with Gasteiger partial charge in [0.2, 0.25) is 0 Å². The van der Waals surface area contributed by atoms with Crippen LogP contribution in [0, 0.1) is 17.0 Å². The van der Waals surface area contributed by atoms with Gasteiger partial charge in [-0.05, 0) is 42.8 Å². The third-order valence-corrected chi connectivity index (χ3v) is 4.62. The van der Waals surface area contributed by atoms with Crippen molar-refractivity contribution >= 4 is 35.3 Å². The second-order valence-corrected chi connectivity index (χ2v) is 6.81. The van der Waals surface area contributed by atoms with Crippen LogP contribution in [0.1, 0.15) is 11.3 Å². The number of benzene rings is 2. The zero-order valence-corrected chi connectivity index (χ0v) is 16.2. The Morgan fingerprint density at radius 3 is 2.55 bits per heavy atom. The summed E-state index contributed by atoms with van der Waals surface area (Å²) in [4.78, 5) is 48.8. The van der Waals surface area contributed by atoms with Gasteiger partial charge in [0.1, 0.15) is 17.1 Å². The Labute approximate surface area is 175 Å². The van der Waals surface area contributed by atoms with Gasteiger partial charge in [-0.25, -0.2) is 9.69 Å². The topological polar surface area (TPSA) is 123 Å². The van der Waals surface area contributed by atoms with Crippen molar-refractivity contribution in [3.8, 4) is 11.3 Å². The lowest BCUT2D eigenvalue weighted by molar-refractivity contribution is -0.384. The Bertz CT molecular complexity index is 1270. The summed E-state index contributed by atoms with van der Waals surface area (Å²) < 4.78 is 5.66. The van der Waals surface area contributed by atoms with Crippen LogP contribution in [0.5, 0.6) is 0 Å². The number of nitrogens with zero attached hydrogens (tertiary/aromatic N) is 2. The Balaban J connectivity index is 1.67. The van der Waals surface area contributed by atoms with Crippen molar-refractivity contribution in [3.05, 3.63) is 87.7 Å². The number of nitro groups is 1. The van der Waals surface area contributed by atoms with E-state index in [2.05, 4.69) is 5.32 Å². The number of rotatable bonds is 4. The Hall–Kier alpha value is -4.53. The maximum absolute atomic E-state index is 12.9. The third-order valence-electron chi connectivity index (χ3n) is 4.62. The molecule has 0 aliphatic carbocycles. The van der Waals surface area contributed by atoms with E-state index in [1.807, 2.05) is 13.0 Å². The molecule has 31 heavy (non-hydrogen) atoms. The summed E-state index contributed by atoms with van der Waals surface area (Å²) in [5.74, 6) is -1.12. The number of hydrogen-bond acceptors (Lipinski definition) is 6.